The van der Waals surface area contributed by atoms with Crippen LogP contribution in [0.4, 0.5) is 16.5 Å². The van der Waals surface area contributed by atoms with Gasteiger partial charge in [-0.25, -0.2) is 4.79 Å². The fourth-order valence-corrected chi connectivity index (χ4v) is 2.14. The van der Waals surface area contributed by atoms with Crippen LogP contribution in [0.1, 0.15) is 0 Å². The summed E-state index contributed by atoms with van der Waals surface area (Å²) in [5.74, 6) is 1.43. The summed E-state index contributed by atoms with van der Waals surface area (Å²) in [6.07, 6.45) is 1.75. The highest BCUT2D eigenvalue weighted by molar-refractivity contribution is 5.98. The minimum Gasteiger partial charge on any atom is -0.454 e. The number of amides is 2. The van der Waals surface area contributed by atoms with Crippen LogP contribution in [-0.2, 0) is 7.05 Å². The quantitative estimate of drug-likeness (QED) is 0.753. The Labute approximate surface area is 135 Å². The molecule has 0 atom stereocenters. The van der Waals surface area contributed by atoms with Crippen LogP contribution in [0, 0.1) is 0 Å². The molecule has 1 aliphatic rings. The Kier molecular flexibility index (Phi) is 3.26. The highest BCUT2D eigenvalue weighted by Crippen LogP contribution is 2.34. The van der Waals surface area contributed by atoms with Gasteiger partial charge < -0.3 is 19.2 Å². The largest absolute Gasteiger partial charge is 0.454 e. The monoisotopic (exact) mass is 328 g/mol. The maximum atomic E-state index is 12.0. The smallest absolute Gasteiger partial charge is 0.327 e. The lowest BCUT2D eigenvalue weighted by Crippen LogP contribution is -2.19. The van der Waals surface area contributed by atoms with Crippen molar-refractivity contribution in [1.82, 2.24) is 20.0 Å². The molecule has 2 amide bonds. The molecule has 4 rings (SSSR count). The molecular formula is C14H12N6O4. The summed E-state index contributed by atoms with van der Waals surface area (Å²) >= 11 is 0. The van der Waals surface area contributed by atoms with Gasteiger partial charge in [-0.3, -0.25) is 10.00 Å². The van der Waals surface area contributed by atoms with Crippen molar-refractivity contribution < 1.29 is 18.7 Å². The number of ether oxygens (including phenoxy) is 2. The molecule has 10 heteroatoms. The Morgan fingerprint density at radius 3 is 2.88 bits per heavy atom. The van der Waals surface area contributed by atoms with Gasteiger partial charge >= 0.3 is 12.0 Å². The van der Waals surface area contributed by atoms with Gasteiger partial charge in [-0.05, 0) is 18.2 Å². The van der Waals surface area contributed by atoms with Gasteiger partial charge in [0.05, 0.1) is 0 Å². The van der Waals surface area contributed by atoms with Crippen molar-refractivity contribution in [2.24, 2.45) is 7.05 Å². The molecule has 24 heavy (non-hydrogen) atoms. The lowest BCUT2D eigenvalue weighted by atomic mass is 10.3. The van der Waals surface area contributed by atoms with Crippen molar-refractivity contribution in [3.63, 3.8) is 0 Å². The molecule has 0 bridgehead atoms. The summed E-state index contributed by atoms with van der Waals surface area (Å²) in [4.78, 5) is 12.0. The zero-order valence-electron chi connectivity index (χ0n) is 12.5. The van der Waals surface area contributed by atoms with E-state index < -0.39 is 6.03 Å². The third kappa shape index (κ3) is 2.72. The number of fused-ring (bicyclic) bond motifs is 1. The standard InChI is InChI=1S/C14H12N6O4/c1-20-5-4-9(19-20)12-17-18-14(24-12)16-13(21)15-8-2-3-10-11(6-8)23-7-22-10/h2-6H,7H2,1H3,(H2,15,16,18,21). The lowest BCUT2D eigenvalue weighted by molar-refractivity contribution is 0.174. The first-order chi connectivity index (χ1) is 11.7. The molecule has 0 aliphatic carbocycles. The van der Waals surface area contributed by atoms with Crippen molar-refractivity contribution in [3.8, 4) is 23.1 Å². The molecule has 0 radical (unpaired) electrons. The highest BCUT2D eigenvalue weighted by Gasteiger charge is 2.16. The van der Waals surface area contributed by atoms with Crippen molar-refractivity contribution in [3.05, 3.63) is 30.5 Å². The number of rotatable bonds is 3. The van der Waals surface area contributed by atoms with E-state index in [-0.39, 0.29) is 18.7 Å². The van der Waals surface area contributed by atoms with Gasteiger partial charge in [0.1, 0.15) is 5.69 Å². The maximum absolute atomic E-state index is 12.0. The van der Waals surface area contributed by atoms with E-state index in [1.807, 2.05) is 0 Å². The Balaban J connectivity index is 1.42. The van der Waals surface area contributed by atoms with Crippen LogP contribution in [0.25, 0.3) is 11.6 Å². The van der Waals surface area contributed by atoms with E-state index in [0.717, 1.165) is 0 Å². The van der Waals surface area contributed by atoms with E-state index >= 15 is 0 Å². The molecule has 122 valence electrons. The predicted octanol–water partition coefficient (Wildman–Crippen LogP) is 1.84. The normalized spacial score (nSPS) is 12.2. The number of carbonyl (C=O) groups is 1. The Bertz CT molecular complexity index is 902. The number of nitrogens with zero attached hydrogens (tertiary/aromatic N) is 4. The minimum absolute atomic E-state index is 0.0334. The summed E-state index contributed by atoms with van der Waals surface area (Å²) < 4.78 is 17.4. The number of benzene rings is 1. The van der Waals surface area contributed by atoms with E-state index in [9.17, 15) is 4.79 Å². The zero-order chi connectivity index (χ0) is 16.5. The highest BCUT2D eigenvalue weighted by atomic mass is 16.7. The number of hydrogen-bond acceptors (Lipinski definition) is 7. The number of aryl methyl sites for hydroxylation is 1. The van der Waals surface area contributed by atoms with Gasteiger partial charge in [-0.1, -0.05) is 5.10 Å². The molecule has 3 aromatic rings. The number of hydrogen-bond donors (Lipinski definition) is 2. The average molecular weight is 328 g/mol. The number of aromatic nitrogens is 4. The first-order valence-electron chi connectivity index (χ1n) is 6.98. The second-order valence-corrected chi connectivity index (χ2v) is 4.93. The summed E-state index contributed by atoms with van der Waals surface area (Å²) in [5.41, 5.74) is 1.07. The van der Waals surface area contributed by atoms with Crippen molar-refractivity contribution in [1.29, 1.82) is 0 Å². The molecule has 0 saturated heterocycles. The molecule has 0 spiro atoms. The van der Waals surface area contributed by atoms with Crippen LogP contribution in [-0.4, -0.2) is 32.8 Å². The molecule has 0 unspecified atom stereocenters. The van der Waals surface area contributed by atoms with Gasteiger partial charge in [0.25, 0.3) is 5.89 Å². The SMILES string of the molecule is Cn1ccc(-c2nnc(NC(=O)Nc3ccc4c(c3)OCO4)o2)n1. The van der Waals surface area contributed by atoms with E-state index in [1.165, 1.54) is 0 Å². The van der Waals surface area contributed by atoms with Crippen molar-refractivity contribution in [2.45, 2.75) is 0 Å². The molecule has 0 saturated carbocycles. The van der Waals surface area contributed by atoms with Gasteiger partial charge in [0.2, 0.25) is 6.79 Å². The van der Waals surface area contributed by atoms with Crippen LogP contribution in [0.5, 0.6) is 11.5 Å². The number of anilines is 2. The minimum atomic E-state index is -0.523. The molecule has 2 N–H and O–H groups in total. The first-order valence-corrected chi connectivity index (χ1v) is 6.98. The van der Waals surface area contributed by atoms with Gasteiger partial charge in [-0.15, -0.1) is 5.10 Å². The molecule has 1 aliphatic heterocycles. The predicted molar refractivity (Wildman–Crippen MR) is 81.7 cm³/mol. The van der Waals surface area contributed by atoms with Crippen molar-refractivity contribution >= 4 is 17.7 Å². The molecule has 2 aromatic heterocycles. The summed E-state index contributed by atoms with van der Waals surface area (Å²) in [7, 11) is 1.78. The van der Waals surface area contributed by atoms with E-state index in [0.29, 0.717) is 22.9 Å². The number of urea groups is 1. The van der Waals surface area contributed by atoms with E-state index in [4.69, 9.17) is 13.9 Å². The average Bonchev–Trinajstić information content (AvgIpc) is 3.27. The Morgan fingerprint density at radius 2 is 2.04 bits per heavy atom. The van der Waals surface area contributed by atoms with Crippen LogP contribution < -0.4 is 20.1 Å². The van der Waals surface area contributed by atoms with E-state index in [1.54, 1.807) is 42.2 Å². The molecular weight excluding hydrogens is 316 g/mol. The fraction of sp³-hybridized carbons (Fsp3) is 0.143. The van der Waals surface area contributed by atoms with Gasteiger partial charge in [0.15, 0.2) is 11.5 Å². The summed E-state index contributed by atoms with van der Waals surface area (Å²) in [6, 6.07) is 6.24. The third-order valence-corrected chi connectivity index (χ3v) is 3.21. The van der Waals surface area contributed by atoms with Gasteiger partial charge in [0, 0.05) is 25.0 Å². The zero-order valence-corrected chi connectivity index (χ0v) is 12.5. The van der Waals surface area contributed by atoms with Crippen LogP contribution in [0.2, 0.25) is 0 Å². The third-order valence-electron chi connectivity index (χ3n) is 3.21. The first kappa shape index (κ1) is 14.1. The number of nitrogens with one attached hydrogen (secondary N) is 2. The fourth-order valence-electron chi connectivity index (χ4n) is 2.14. The second kappa shape index (κ2) is 5.57. The topological polar surface area (TPSA) is 116 Å². The van der Waals surface area contributed by atoms with Crippen molar-refractivity contribution in [2.75, 3.05) is 17.4 Å². The van der Waals surface area contributed by atoms with Gasteiger partial charge in [-0.2, -0.15) is 5.10 Å². The molecule has 10 nitrogen and oxygen atoms in total. The van der Waals surface area contributed by atoms with Crippen LogP contribution in [0.15, 0.2) is 34.9 Å². The molecule has 0 fully saturated rings. The lowest BCUT2D eigenvalue weighted by Gasteiger charge is -2.05. The summed E-state index contributed by atoms with van der Waals surface area (Å²) in [5, 5.41) is 16.8. The number of carbonyl (C=O) groups excluding carboxylic acids is 1. The van der Waals surface area contributed by atoms with Crippen LogP contribution >= 0.6 is 0 Å². The summed E-state index contributed by atoms with van der Waals surface area (Å²) in [6.45, 7) is 0.170. The maximum Gasteiger partial charge on any atom is 0.327 e. The Hall–Kier alpha value is -3.56. The Morgan fingerprint density at radius 1 is 1.17 bits per heavy atom. The van der Waals surface area contributed by atoms with E-state index in [2.05, 4.69) is 25.9 Å². The van der Waals surface area contributed by atoms with Crippen LogP contribution in [0.3, 0.4) is 0 Å². The molecule has 1 aromatic carbocycles. The molecule has 3 heterocycles. The second-order valence-electron chi connectivity index (χ2n) is 4.93.